The Bertz CT molecular complexity index is 1230. The summed E-state index contributed by atoms with van der Waals surface area (Å²) in [5.74, 6) is -0.263. The molecule has 2 aromatic carbocycles. The average Bonchev–Trinajstić information content (AvgIpc) is 3.51. The number of nitrogens with one attached hydrogen (secondary N) is 1. The predicted molar refractivity (Wildman–Crippen MR) is 126 cm³/mol. The number of aromatic nitrogens is 1. The summed E-state index contributed by atoms with van der Waals surface area (Å²) in [6.07, 6.45) is 5.86. The van der Waals surface area contributed by atoms with Crippen LogP contribution in [0.2, 0.25) is 0 Å². The highest BCUT2D eigenvalue weighted by molar-refractivity contribution is 7.89. The lowest BCUT2D eigenvalue weighted by Crippen LogP contribution is -2.41. The van der Waals surface area contributed by atoms with Crippen molar-refractivity contribution in [2.24, 2.45) is 5.92 Å². The first-order valence-electron chi connectivity index (χ1n) is 10.9. The Balaban J connectivity index is 1.22. The number of nitrogens with zero attached hydrogens (tertiary/aromatic N) is 2. The molecule has 32 heavy (non-hydrogen) atoms. The van der Waals surface area contributed by atoms with Gasteiger partial charge in [-0.15, -0.1) is 11.3 Å². The molecule has 0 bridgehead atoms. The Labute approximate surface area is 192 Å². The van der Waals surface area contributed by atoms with E-state index in [1.54, 1.807) is 23.6 Å². The Morgan fingerprint density at radius 1 is 1.06 bits per heavy atom. The summed E-state index contributed by atoms with van der Waals surface area (Å²) in [5.41, 5.74) is 4.11. The summed E-state index contributed by atoms with van der Waals surface area (Å²) in [6.45, 7) is 0.716. The monoisotopic (exact) mass is 467 g/mol. The van der Waals surface area contributed by atoms with Gasteiger partial charge in [-0.3, -0.25) is 4.79 Å². The van der Waals surface area contributed by atoms with Gasteiger partial charge in [0.2, 0.25) is 15.9 Å². The number of piperidine rings is 1. The van der Waals surface area contributed by atoms with Crippen LogP contribution in [0.3, 0.4) is 0 Å². The highest BCUT2D eigenvalue weighted by Crippen LogP contribution is 2.29. The highest BCUT2D eigenvalue weighted by atomic mass is 32.2. The lowest BCUT2D eigenvalue weighted by Gasteiger charge is -2.30. The normalized spacial score (nSPS) is 17.2. The number of thiazole rings is 1. The summed E-state index contributed by atoms with van der Waals surface area (Å²) in [4.78, 5) is 17.5. The number of sulfonamides is 1. The standard InChI is InChI=1S/C24H25N3O3S2/c28-23(26-21-6-2-5-20(15-21)24-25-11-14-31-24)18-9-12-27(13-10-18)32(29,30)22-8-7-17-3-1-4-19(17)16-22/h2,5-8,11,14-16,18H,1,3-4,9-10,12-13H2,(H,26,28). The van der Waals surface area contributed by atoms with Crippen LogP contribution in [0.1, 0.15) is 30.4 Å². The van der Waals surface area contributed by atoms with Crippen molar-refractivity contribution in [2.75, 3.05) is 18.4 Å². The van der Waals surface area contributed by atoms with Crippen molar-refractivity contribution >= 4 is 33.0 Å². The van der Waals surface area contributed by atoms with Gasteiger partial charge in [0.25, 0.3) is 0 Å². The van der Waals surface area contributed by atoms with Gasteiger partial charge in [0.1, 0.15) is 5.01 Å². The zero-order valence-corrected chi connectivity index (χ0v) is 19.3. The van der Waals surface area contributed by atoms with Crippen molar-refractivity contribution in [3.8, 4) is 10.6 Å². The van der Waals surface area contributed by atoms with Gasteiger partial charge < -0.3 is 5.32 Å². The van der Waals surface area contributed by atoms with Crippen LogP contribution in [0.5, 0.6) is 0 Å². The maximum absolute atomic E-state index is 13.1. The highest BCUT2D eigenvalue weighted by Gasteiger charge is 2.32. The molecule has 0 spiro atoms. The van der Waals surface area contributed by atoms with Crippen LogP contribution in [0, 0.1) is 5.92 Å². The Hall–Kier alpha value is -2.55. The van der Waals surface area contributed by atoms with Crippen LogP contribution in [-0.2, 0) is 27.7 Å². The topological polar surface area (TPSA) is 79.4 Å². The third-order valence-electron chi connectivity index (χ3n) is 6.34. The Morgan fingerprint density at radius 3 is 2.66 bits per heavy atom. The molecule has 0 radical (unpaired) electrons. The summed E-state index contributed by atoms with van der Waals surface area (Å²) in [5, 5.41) is 5.83. The number of fused-ring (bicyclic) bond motifs is 1. The molecular weight excluding hydrogens is 442 g/mol. The molecule has 0 atom stereocenters. The first kappa shape index (κ1) is 21.3. The molecule has 3 aromatic rings. The van der Waals surface area contributed by atoms with Crippen LogP contribution < -0.4 is 5.32 Å². The molecule has 1 amide bonds. The van der Waals surface area contributed by atoms with E-state index in [1.807, 2.05) is 41.8 Å². The van der Waals surface area contributed by atoms with E-state index in [2.05, 4.69) is 10.3 Å². The second-order valence-electron chi connectivity index (χ2n) is 8.37. The van der Waals surface area contributed by atoms with Crippen molar-refractivity contribution < 1.29 is 13.2 Å². The molecule has 166 valence electrons. The van der Waals surface area contributed by atoms with Gasteiger partial charge in [-0.25, -0.2) is 13.4 Å². The summed E-state index contributed by atoms with van der Waals surface area (Å²) in [7, 11) is -3.53. The third kappa shape index (κ3) is 4.22. The fourth-order valence-corrected chi connectivity index (χ4v) is 6.71. The van der Waals surface area contributed by atoms with Gasteiger partial charge in [0.15, 0.2) is 0 Å². The minimum Gasteiger partial charge on any atom is -0.326 e. The lowest BCUT2D eigenvalue weighted by atomic mass is 9.97. The number of hydrogen-bond acceptors (Lipinski definition) is 5. The van der Waals surface area contributed by atoms with Crippen LogP contribution >= 0.6 is 11.3 Å². The van der Waals surface area contributed by atoms with Crippen molar-refractivity contribution in [3.05, 3.63) is 65.2 Å². The summed E-state index contributed by atoms with van der Waals surface area (Å²) in [6, 6.07) is 13.2. The molecule has 1 N–H and O–H groups in total. The predicted octanol–water partition coefficient (Wildman–Crippen LogP) is 4.34. The molecule has 1 saturated heterocycles. The second-order valence-corrected chi connectivity index (χ2v) is 11.2. The van der Waals surface area contributed by atoms with Gasteiger partial charge in [-0.1, -0.05) is 18.2 Å². The fourth-order valence-electron chi connectivity index (χ4n) is 4.56. The summed E-state index contributed by atoms with van der Waals surface area (Å²) < 4.78 is 27.8. The molecule has 0 saturated carbocycles. The molecule has 0 unspecified atom stereocenters. The molecule has 1 aliphatic carbocycles. The molecule has 1 fully saturated rings. The van der Waals surface area contributed by atoms with E-state index in [0.29, 0.717) is 30.8 Å². The van der Waals surface area contributed by atoms with E-state index >= 15 is 0 Å². The van der Waals surface area contributed by atoms with Crippen LogP contribution in [0.25, 0.3) is 10.6 Å². The van der Waals surface area contributed by atoms with E-state index < -0.39 is 10.0 Å². The van der Waals surface area contributed by atoms with E-state index in [1.165, 1.54) is 9.87 Å². The number of aryl methyl sites for hydroxylation is 2. The largest absolute Gasteiger partial charge is 0.326 e. The third-order valence-corrected chi connectivity index (χ3v) is 9.06. The van der Waals surface area contributed by atoms with Crippen molar-refractivity contribution in [1.82, 2.24) is 9.29 Å². The van der Waals surface area contributed by atoms with Gasteiger partial charge >= 0.3 is 0 Å². The van der Waals surface area contributed by atoms with Crippen molar-refractivity contribution in [3.63, 3.8) is 0 Å². The number of carbonyl (C=O) groups is 1. The molecule has 2 heterocycles. The Morgan fingerprint density at radius 2 is 1.88 bits per heavy atom. The van der Waals surface area contributed by atoms with E-state index in [4.69, 9.17) is 0 Å². The van der Waals surface area contributed by atoms with Gasteiger partial charge in [0, 0.05) is 41.8 Å². The molecule has 2 aliphatic rings. The zero-order valence-electron chi connectivity index (χ0n) is 17.7. The van der Waals surface area contributed by atoms with Crippen LogP contribution in [0.15, 0.2) is 58.9 Å². The zero-order chi connectivity index (χ0) is 22.1. The van der Waals surface area contributed by atoms with Gasteiger partial charge in [0.05, 0.1) is 4.90 Å². The fraction of sp³-hybridized carbons (Fsp3) is 0.333. The first-order chi connectivity index (χ1) is 15.5. The van der Waals surface area contributed by atoms with Gasteiger partial charge in [-0.05, 0) is 67.5 Å². The maximum atomic E-state index is 13.1. The first-order valence-corrected chi connectivity index (χ1v) is 13.3. The lowest BCUT2D eigenvalue weighted by molar-refractivity contribution is -0.120. The SMILES string of the molecule is O=C(Nc1cccc(-c2nccs2)c1)C1CCN(S(=O)(=O)c2ccc3c(c2)CCC3)CC1. The number of anilines is 1. The smallest absolute Gasteiger partial charge is 0.243 e. The summed E-state index contributed by atoms with van der Waals surface area (Å²) >= 11 is 1.55. The second kappa shape index (κ2) is 8.77. The number of amides is 1. The molecule has 1 aliphatic heterocycles. The van der Waals surface area contributed by atoms with Crippen molar-refractivity contribution in [2.45, 2.75) is 37.0 Å². The molecular formula is C24H25N3O3S2. The molecule has 8 heteroatoms. The number of carbonyl (C=O) groups excluding carboxylic acids is 1. The molecule has 6 nitrogen and oxygen atoms in total. The molecule has 1 aromatic heterocycles. The quantitative estimate of drug-likeness (QED) is 0.605. The number of benzene rings is 2. The van der Waals surface area contributed by atoms with E-state index in [0.717, 1.165) is 41.1 Å². The maximum Gasteiger partial charge on any atom is 0.243 e. The van der Waals surface area contributed by atoms with Crippen molar-refractivity contribution in [1.29, 1.82) is 0 Å². The number of hydrogen-bond donors (Lipinski definition) is 1. The minimum absolute atomic E-state index is 0.0594. The minimum atomic E-state index is -3.53. The Kier molecular flexibility index (Phi) is 5.84. The average molecular weight is 468 g/mol. The van der Waals surface area contributed by atoms with Gasteiger partial charge in [-0.2, -0.15) is 4.31 Å². The molecule has 5 rings (SSSR count). The van der Waals surface area contributed by atoms with E-state index in [-0.39, 0.29) is 11.8 Å². The number of rotatable bonds is 5. The van der Waals surface area contributed by atoms with E-state index in [9.17, 15) is 13.2 Å². The van der Waals surface area contributed by atoms with Crippen LogP contribution in [0.4, 0.5) is 5.69 Å². The van der Waals surface area contributed by atoms with Crippen LogP contribution in [-0.4, -0.2) is 36.7 Å².